The van der Waals surface area contributed by atoms with Crippen molar-refractivity contribution in [1.29, 1.82) is 0 Å². The van der Waals surface area contributed by atoms with Gasteiger partial charge in [-0.3, -0.25) is 19.2 Å². The first-order chi connectivity index (χ1) is 15.0. The fraction of sp³-hybridized carbons (Fsp3) is 0.750. The van der Waals surface area contributed by atoms with Gasteiger partial charge in [-0.05, 0) is 43.6 Å². The molecule has 4 amide bonds. The van der Waals surface area contributed by atoms with E-state index in [4.69, 9.17) is 11.5 Å². The molecule has 12 heteroatoms. The minimum absolute atomic E-state index is 0.0359. The standard InChI is InChI=1S/C20H35N5O6S/c1-11(2)9-13(23-17(27)12(21)6-8-32-3)18(28)24-14(10-16(22)26)19(29)25-7-4-5-15(25)20(30)31/h11-15H,4-10,21H2,1-3H3,(H2,22,26)(H,23,27)(H,24,28)(H,30,31). The summed E-state index contributed by atoms with van der Waals surface area (Å²) in [7, 11) is 0. The lowest BCUT2D eigenvalue weighted by atomic mass is 10.0. The van der Waals surface area contributed by atoms with Gasteiger partial charge in [-0.25, -0.2) is 4.79 Å². The molecule has 7 N–H and O–H groups in total. The molecule has 0 aliphatic carbocycles. The largest absolute Gasteiger partial charge is 0.480 e. The topological polar surface area (TPSA) is 185 Å². The Hall–Kier alpha value is -2.34. The summed E-state index contributed by atoms with van der Waals surface area (Å²) in [5.41, 5.74) is 11.1. The Morgan fingerprint density at radius 3 is 2.28 bits per heavy atom. The number of thioether (sulfide) groups is 1. The number of likely N-dealkylation sites (tertiary alicyclic amines) is 1. The molecule has 1 saturated heterocycles. The molecular weight excluding hydrogens is 438 g/mol. The lowest BCUT2D eigenvalue weighted by Gasteiger charge is -2.29. The van der Waals surface area contributed by atoms with Gasteiger partial charge in [-0.15, -0.1) is 0 Å². The summed E-state index contributed by atoms with van der Waals surface area (Å²) >= 11 is 1.55. The van der Waals surface area contributed by atoms with Crippen LogP contribution in [0.25, 0.3) is 0 Å². The lowest BCUT2D eigenvalue weighted by Crippen LogP contribution is -2.58. The van der Waals surface area contributed by atoms with Gasteiger partial charge in [0.1, 0.15) is 18.1 Å². The van der Waals surface area contributed by atoms with Crippen molar-refractivity contribution in [2.45, 2.75) is 70.1 Å². The molecule has 0 spiro atoms. The van der Waals surface area contributed by atoms with Crippen molar-refractivity contribution in [2.24, 2.45) is 17.4 Å². The Kier molecular flexibility index (Phi) is 11.5. The van der Waals surface area contributed by atoms with Crippen LogP contribution in [0.5, 0.6) is 0 Å². The maximum atomic E-state index is 13.0. The van der Waals surface area contributed by atoms with Gasteiger partial charge in [0, 0.05) is 6.54 Å². The molecule has 32 heavy (non-hydrogen) atoms. The molecule has 1 heterocycles. The van der Waals surface area contributed by atoms with E-state index >= 15 is 0 Å². The van der Waals surface area contributed by atoms with Gasteiger partial charge in [-0.2, -0.15) is 11.8 Å². The molecule has 0 saturated carbocycles. The Bertz CT molecular complexity index is 704. The number of aliphatic carboxylic acids is 1. The number of carboxylic acid groups (broad SMARTS) is 1. The van der Waals surface area contributed by atoms with E-state index in [0.717, 1.165) is 4.90 Å². The first kappa shape index (κ1) is 27.7. The molecule has 0 radical (unpaired) electrons. The minimum Gasteiger partial charge on any atom is -0.480 e. The monoisotopic (exact) mass is 473 g/mol. The van der Waals surface area contributed by atoms with Crippen LogP contribution in [0.1, 0.15) is 46.0 Å². The van der Waals surface area contributed by atoms with E-state index < -0.39 is 60.2 Å². The van der Waals surface area contributed by atoms with Crippen LogP contribution in [-0.2, 0) is 24.0 Å². The number of nitrogens with one attached hydrogen (secondary N) is 2. The normalized spacial score (nSPS) is 18.7. The highest BCUT2D eigenvalue weighted by Gasteiger charge is 2.39. The van der Waals surface area contributed by atoms with Gasteiger partial charge >= 0.3 is 5.97 Å². The highest BCUT2D eigenvalue weighted by atomic mass is 32.2. The summed E-state index contributed by atoms with van der Waals surface area (Å²) in [6.45, 7) is 3.94. The maximum absolute atomic E-state index is 13.0. The number of carbonyl (C=O) groups is 5. The maximum Gasteiger partial charge on any atom is 0.326 e. The lowest BCUT2D eigenvalue weighted by molar-refractivity contribution is -0.149. The number of nitrogens with zero attached hydrogens (tertiary/aromatic N) is 1. The number of amides is 4. The van der Waals surface area contributed by atoms with Crippen LogP contribution in [0.4, 0.5) is 0 Å². The molecule has 4 unspecified atom stereocenters. The molecule has 1 rings (SSSR count). The molecule has 0 aromatic heterocycles. The highest BCUT2D eigenvalue weighted by Crippen LogP contribution is 2.19. The molecule has 0 aromatic rings. The van der Waals surface area contributed by atoms with Gasteiger partial charge in [0.15, 0.2) is 0 Å². The van der Waals surface area contributed by atoms with Gasteiger partial charge in [0.05, 0.1) is 12.5 Å². The minimum atomic E-state index is -1.32. The molecule has 182 valence electrons. The van der Waals surface area contributed by atoms with Crippen molar-refractivity contribution in [1.82, 2.24) is 15.5 Å². The summed E-state index contributed by atoms with van der Waals surface area (Å²) < 4.78 is 0. The quantitative estimate of drug-likeness (QED) is 0.226. The predicted molar refractivity (Wildman–Crippen MR) is 120 cm³/mol. The first-order valence-electron chi connectivity index (χ1n) is 10.6. The molecule has 1 fully saturated rings. The second kappa shape index (κ2) is 13.3. The Labute approximate surface area is 192 Å². The number of rotatable bonds is 13. The third kappa shape index (κ3) is 8.65. The second-order valence-corrected chi connectivity index (χ2v) is 9.32. The summed E-state index contributed by atoms with van der Waals surface area (Å²) in [5.74, 6) is -3.08. The average molecular weight is 474 g/mol. The van der Waals surface area contributed by atoms with Crippen LogP contribution < -0.4 is 22.1 Å². The molecular formula is C20H35N5O6S. The van der Waals surface area contributed by atoms with E-state index in [9.17, 15) is 29.1 Å². The summed E-state index contributed by atoms with van der Waals surface area (Å²) in [5, 5.41) is 14.5. The molecule has 11 nitrogen and oxygen atoms in total. The zero-order valence-electron chi connectivity index (χ0n) is 18.8. The zero-order chi connectivity index (χ0) is 24.4. The van der Waals surface area contributed by atoms with Crippen LogP contribution in [0.15, 0.2) is 0 Å². The number of primary amides is 1. The van der Waals surface area contributed by atoms with Crippen LogP contribution in [0.2, 0.25) is 0 Å². The number of nitrogens with two attached hydrogens (primary N) is 2. The van der Waals surface area contributed by atoms with Crippen molar-refractivity contribution in [3.63, 3.8) is 0 Å². The molecule has 0 aromatic carbocycles. The molecule has 4 atom stereocenters. The van der Waals surface area contributed by atoms with E-state index in [1.165, 1.54) is 0 Å². The number of carbonyl (C=O) groups excluding carboxylic acids is 4. The van der Waals surface area contributed by atoms with E-state index in [-0.39, 0.29) is 25.3 Å². The number of carboxylic acids is 1. The number of hydrogen-bond donors (Lipinski definition) is 5. The van der Waals surface area contributed by atoms with Crippen LogP contribution in [0.3, 0.4) is 0 Å². The van der Waals surface area contributed by atoms with E-state index in [0.29, 0.717) is 18.6 Å². The fourth-order valence-corrected chi connectivity index (χ4v) is 4.01. The van der Waals surface area contributed by atoms with Crippen molar-refractivity contribution < 1.29 is 29.1 Å². The zero-order valence-corrected chi connectivity index (χ0v) is 19.7. The molecule has 0 bridgehead atoms. The second-order valence-electron chi connectivity index (χ2n) is 8.34. The fourth-order valence-electron chi connectivity index (χ4n) is 3.52. The van der Waals surface area contributed by atoms with Crippen molar-refractivity contribution >= 4 is 41.4 Å². The summed E-state index contributed by atoms with van der Waals surface area (Å²) in [4.78, 5) is 62.5. The highest BCUT2D eigenvalue weighted by molar-refractivity contribution is 7.98. The summed E-state index contributed by atoms with van der Waals surface area (Å²) in [6, 6.07) is -4.10. The Balaban J connectivity index is 2.97. The third-order valence-corrected chi connectivity index (χ3v) is 5.79. The van der Waals surface area contributed by atoms with Gasteiger partial charge < -0.3 is 32.1 Å². The van der Waals surface area contributed by atoms with Crippen molar-refractivity contribution in [3.05, 3.63) is 0 Å². The smallest absolute Gasteiger partial charge is 0.326 e. The van der Waals surface area contributed by atoms with Gasteiger partial charge in [0.2, 0.25) is 23.6 Å². The van der Waals surface area contributed by atoms with Crippen LogP contribution in [-0.4, -0.2) is 82.3 Å². The average Bonchev–Trinajstić information content (AvgIpc) is 3.19. The van der Waals surface area contributed by atoms with E-state index in [2.05, 4.69) is 10.6 Å². The van der Waals surface area contributed by atoms with Crippen molar-refractivity contribution in [2.75, 3.05) is 18.6 Å². The van der Waals surface area contributed by atoms with E-state index in [1.54, 1.807) is 11.8 Å². The van der Waals surface area contributed by atoms with Crippen molar-refractivity contribution in [3.8, 4) is 0 Å². The van der Waals surface area contributed by atoms with Crippen LogP contribution in [0, 0.1) is 5.92 Å². The Morgan fingerprint density at radius 2 is 1.75 bits per heavy atom. The van der Waals surface area contributed by atoms with Crippen LogP contribution >= 0.6 is 11.8 Å². The van der Waals surface area contributed by atoms with Gasteiger partial charge in [0.25, 0.3) is 0 Å². The molecule has 1 aliphatic heterocycles. The number of hydrogen-bond acceptors (Lipinski definition) is 7. The third-order valence-electron chi connectivity index (χ3n) is 5.15. The Morgan fingerprint density at radius 1 is 1.12 bits per heavy atom. The van der Waals surface area contributed by atoms with Gasteiger partial charge in [-0.1, -0.05) is 13.8 Å². The summed E-state index contributed by atoms with van der Waals surface area (Å²) in [6.07, 6.45) is 2.93. The predicted octanol–water partition coefficient (Wildman–Crippen LogP) is -0.966. The first-order valence-corrected chi connectivity index (χ1v) is 12.0. The SMILES string of the molecule is CSCCC(N)C(=O)NC(CC(C)C)C(=O)NC(CC(N)=O)C(=O)N1CCCC1C(=O)O. The molecule has 1 aliphatic rings. The van der Waals surface area contributed by atoms with E-state index in [1.807, 2.05) is 20.1 Å².